The summed E-state index contributed by atoms with van der Waals surface area (Å²) in [5.41, 5.74) is 5.37. The van der Waals surface area contributed by atoms with E-state index in [-0.39, 0.29) is 5.91 Å². The highest BCUT2D eigenvalue weighted by atomic mass is 32.1. The van der Waals surface area contributed by atoms with Gasteiger partial charge < -0.3 is 10.6 Å². The Morgan fingerprint density at radius 1 is 1.79 bits per heavy atom. The van der Waals surface area contributed by atoms with E-state index < -0.39 is 0 Å². The van der Waals surface area contributed by atoms with E-state index in [0.717, 1.165) is 11.5 Å². The van der Waals surface area contributed by atoms with Crippen molar-refractivity contribution in [3.63, 3.8) is 0 Å². The number of nitrogens with two attached hydrogens (primary N) is 1. The number of hydrogen-bond acceptors (Lipinski definition) is 5. The average Bonchev–Trinajstić information content (AvgIpc) is 2.65. The van der Waals surface area contributed by atoms with Crippen molar-refractivity contribution in [3.8, 4) is 0 Å². The monoisotopic (exact) mass is 230 g/mol. The summed E-state index contributed by atoms with van der Waals surface area (Å²) in [5.74, 6) is -0.129. The van der Waals surface area contributed by atoms with E-state index >= 15 is 0 Å². The number of nitrogens with zero attached hydrogens (tertiary/aromatic N) is 3. The largest absolute Gasteiger partial charge is 0.392 e. The Morgan fingerprint density at radius 3 is 2.93 bits per heavy atom. The third-order valence-corrected chi connectivity index (χ3v) is 2.37. The Morgan fingerprint density at radius 2 is 2.50 bits per heavy atom. The van der Waals surface area contributed by atoms with Crippen LogP contribution in [0.3, 0.4) is 0 Å². The van der Waals surface area contributed by atoms with E-state index in [9.17, 15) is 4.79 Å². The molecule has 0 unspecified atom stereocenters. The second-order valence-electron chi connectivity index (χ2n) is 2.57. The second kappa shape index (κ2) is 4.97. The molecule has 0 bridgehead atoms. The molecule has 0 saturated carbocycles. The predicted molar refractivity (Wildman–Crippen MR) is 58.3 cm³/mol. The van der Waals surface area contributed by atoms with Gasteiger partial charge in [0.25, 0.3) is 5.91 Å². The van der Waals surface area contributed by atoms with Gasteiger partial charge in [-0.25, -0.2) is 0 Å². The normalized spacial score (nSPS) is 9.79. The molecular weight excluding hydrogens is 220 g/mol. The van der Waals surface area contributed by atoms with Crippen molar-refractivity contribution in [1.82, 2.24) is 14.5 Å². The van der Waals surface area contributed by atoms with E-state index in [1.807, 2.05) is 6.92 Å². The molecule has 0 aliphatic heterocycles. The first-order chi connectivity index (χ1) is 6.65. The summed E-state index contributed by atoms with van der Waals surface area (Å²) in [6.45, 7) is 2.72. The molecule has 1 aromatic rings. The van der Waals surface area contributed by atoms with Crippen LogP contribution in [0.25, 0.3) is 0 Å². The zero-order valence-electron chi connectivity index (χ0n) is 7.64. The van der Waals surface area contributed by atoms with E-state index in [1.54, 1.807) is 4.90 Å². The van der Waals surface area contributed by atoms with Crippen molar-refractivity contribution in [3.05, 3.63) is 11.1 Å². The molecule has 76 valence electrons. The topological polar surface area (TPSA) is 72.1 Å². The molecule has 2 N–H and O–H groups in total. The lowest BCUT2D eigenvalue weighted by Crippen LogP contribution is -2.37. The standard InChI is InChI=1S/C7H10N4OS2/c1-2-11(4-6(8)13)7(12)5-3-9-10-14-5/h3H,2,4H2,1H3,(H2,8,13). The summed E-state index contributed by atoms with van der Waals surface area (Å²) in [6, 6.07) is 0. The minimum atomic E-state index is -0.129. The van der Waals surface area contributed by atoms with Gasteiger partial charge in [-0.1, -0.05) is 16.7 Å². The maximum atomic E-state index is 11.7. The molecule has 1 aromatic heterocycles. The van der Waals surface area contributed by atoms with Crippen LogP contribution in [0.15, 0.2) is 6.20 Å². The SMILES string of the molecule is CCN(CC(N)=S)C(=O)c1cnns1. The zero-order valence-corrected chi connectivity index (χ0v) is 9.27. The Hall–Kier alpha value is -1.08. The fourth-order valence-electron chi connectivity index (χ4n) is 0.933. The molecule has 0 spiro atoms. The highest BCUT2D eigenvalue weighted by Gasteiger charge is 2.16. The smallest absolute Gasteiger partial charge is 0.267 e. The summed E-state index contributed by atoms with van der Waals surface area (Å²) in [6.07, 6.45) is 1.44. The van der Waals surface area contributed by atoms with Gasteiger partial charge in [0.2, 0.25) is 0 Å². The number of hydrogen-bond donors (Lipinski definition) is 1. The molecule has 0 atom stereocenters. The molecule has 7 heteroatoms. The number of carbonyl (C=O) groups is 1. The number of amides is 1. The number of aromatic nitrogens is 2. The summed E-state index contributed by atoms with van der Waals surface area (Å²) in [7, 11) is 0. The quantitative estimate of drug-likeness (QED) is 0.752. The molecule has 14 heavy (non-hydrogen) atoms. The Bertz CT molecular complexity index is 324. The first kappa shape index (κ1) is 11.0. The van der Waals surface area contributed by atoms with Crippen LogP contribution in [0.1, 0.15) is 16.6 Å². The van der Waals surface area contributed by atoms with E-state index in [0.29, 0.717) is 23.0 Å². The van der Waals surface area contributed by atoms with Gasteiger partial charge in [0.15, 0.2) is 0 Å². The van der Waals surface area contributed by atoms with Gasteiger partial charge in [-0.2, -0.15) is 0 Å². The first-order valence-corrected chi connectivity index (χ1v) is 5.18. The zero-order chi connectivity index (χ0) is 10.6. The molecule has 0 aromatic carbocycles. The van der Waals surface area contributed by atoms with Crippen LogP contribution >= 0.6 is 23.8 Å². The van der Waals surface area contributed by atoms with Crippen molar-refractivity contribution in [2.75, 3.05) is 13.1 Å². The van der Waals surface area contributed by atoms with Crippen LogP contribution in [-0.4, -0.2) is 38.5 Å². The predicted octanol–water partition coefficient (Wildman–Crippen LogP) is 0.286. The van der Waals surface area contributed by atoms with Crippen molar-refractivity contribution in [2.45, 2.75) is 6.92 Å². The molecule has 5 nitrogen and oxygen atoms in total. The number of likely N-dealkylation sites (N-methyl/N-ethyl adjacent to an activating group) is 1. The molecule has 0 radical (unpaired) electrons. The molecule has 0 aliphatic carbocycles. The Balaban J connectivity index is 2.70. The van der Waals surface area contributed by atoms with Gasteiger partial charge in [-0.3, -0.25) is 4.79 Å². The van der Waals surface area contributed by atoms with Crippen LogP contribution in [0.5, 0.6) is 0 Å². The van der Waals surface area contributed by atoms with Gasteiger partial charge in [-0.15, -0.1) is 5.10 Å². The third-order valence-electron chi connectivity index (χ3n) is 1.59. The fourth-order valence-corrected chi connectivity index (χ4v) is 1.57. The average molecular weight is 230 g/mol. The summed E-state index contributed by atoms with van der Waals surface area (Å²) < 4.78 is 3.62. The molecule has 0 fully saturated rings. The lowest BCUT2D eigenvalue weighted by molar-refractivity contribution is 0.0792. The van der Waals surface area contributed by atoms with Gasteiger partial charge in [0.05, 0.1) is 17.7 Å². The maximum absolute atomic E-state index is 11.7. The first-order valence-electron chi connectivity index (χ1n) is 4.00. The summed E-state index contributed by atoms with van der Waals surface area (Å²) in [5, 5.41) is 3.60. The van der Waals surface area contributed by atoms with Gasteiger partial charge >= 0.3 is 0 Å². The Kier molecular flexibility index (Phi) is 3.90. The van der Waals surface area contributed by atoms with Crippen LogP contribution in [0.4, 0.5) is 0 Å². The third kappa shape index (κ3) is 2.71. The van der Waals surface area contributed by atoms with Crippen LogP contribution < -0.4 is 5.73 Å². The van der Waals surface area contributed by atoms with Gasteiger partial charge in [0.1, 0.15) is 4.88 Å². The molecule has 1 amide bonds. The van der Waals surface area contributed by atoms with Crippen molar-refractivity contribution >= 4 is 34.6 Å². The summed E-state index contributed by atoms with van der Waals surface area (Å²) >= 11 is 5.81. The second-order valence-corrected chi connectivity index (χ2v) is 3.88. The molecule has 0 aliphatic rings. The number of thiocarbonyl (C=S) groups is 1. The lowest BCUT2D eigenvalue weighted by atomic mass is 10.4. The minimum absolute atomic E-state index is 0.129. The summed E-state index contributed by atoms with van der Waals surface area (Å²) in [4.78, 5) is 14.1. The highest BCUT2D eigenvalue weighted by Crippen LogP contribution is 2.06. The van der Waals surface area contributed by atoms with Gasteiger partial charge in [-0.05, 0) is 18.5 Å². The van der Waals surface area contributed by atoms with E-state index in [2.05, 4.69) is 9.59 Å². The van der Waals surface area contributed by atoms with E-state index in [1.165, 1.54) is 6.20 Å². The van der Waals surface area contributed by atoms with E-state index in [4.69, 9.17) is 18.0 Å². The van der Waals surface area contributed by atoms with Crippen molar-refractivity contribution in [1.29, 1.82) is 0 Å². The number of rotatable bonds is 4. The molecule has 0 saturated heterocycles. The highest BCUT2D eigenvalue weighted by molar-refractivity contribution is 7.80. The molecule has 1 rings (SSSR count). The van der Waals surface area contributed by atoms with Crippen LogP contribution in [-0.2, 0) is 0 Å². The van der Waals surface area contributed by atoms with Gasteiger partial charge in [0, 0.05) is 6.54 Å². The van der Waals surface area contributed by atoms with Crippen molar-refractivity contribution < 1.29 is 4.79 Å². The lowest BCUT2D eigenvalue weighted by Gasteiger charge is -2.18. The maximum Gasteiger partial charge on any atom is 0.267 e. The van der Waals surface area contributed by atoms with Crippen LogP contribution in [0, 0.1) is 0 Å². The van der Waals surface area contributed by atoms with Crippen molar-refractivity contribution in [2.24, 2.45) is 5.73 Å². The van der Waals surface area contributed by atoms with Crippen LogP contribution in [0.2, 0.25) is 0 Å². The Labute approximate surface area is 91.1 Å². The fraction of sp³-hybridized carbons (Fsp3) is 0.429. The number of carbonyl (C=O) groups excluding carboxylic acids is 1. The molecular formula is C7H10N4OS2. The molecule has 1 heterocycles. The minimum Gasteiger partial charge on any atom is -0.392 e.